The van der Waals surface area contributed by atoms with E-state index in [2.05, 4.69) is 28.4 Å². The van der Waals surface area contributed by atoms with Crippen molar-refractivity contribution in [2.75, 3.05) is 33.0 Å². The Kier molecular flexibility index (Phi) is 6.93. The highest BCUT2D eigenvalue weighted by Crippen LogP contribution is 2.37. The zero-order chi connectivity index (χ0) is 27.8. The average Bonchev–Trinajstić information content (AvgIpc) is 3.68. The molecular formula is C27H24F2N6O3S. The van der Waals surface area contributed by atoms with E-state index in [9.17, 15) is 13.6 Å². The van der Waals surface area contributed by atoms with Crippen LogP contribution in [0.25, 0.3) is 22.2 Å². The molecule has 1 aliphatic heterocycles. The molecule has 9 nitrogen and oxygen atoms in total. The van der Waals surface area contributed by atoms with Gasteiger partial charge >= 0.3 is 0 Å². The van der Waals surface area contributed by atoms with Crippen LogP contribution in [-0.2, 0) is 4.79 Å². The Morgan fingerprint density at radius 1 is 1.26 bits per heavy atom. The lowest BCUT2D eigenvalue weighted by Crippen LogP contribution is -2.27. The maximum absolute atomic E-state index is 15.0. The van der Waals surface area contributed by atoms with E-state index in [1.54, 1.807) is 15.8 Å². The van der Waals surface area contributed by atoms with Crippen molar-refractivity contribution in [2.24, 2.45) is 0 Å². The molecule has 1 atom stereocenters. The van der Waals surface area contributed by atoms with E-state index in [0.29, 0.717) is 41.7 Å². The number of nitrogen functional groups attached to an aromatic ring is 1. The molecule has 4 heterocycles. The number of halogens is 2. The summed E-state index contributed by atoms with van der Waals surface area (Å²) < 4.78 is 41.8. The minimum atomic E-state index is -0.967. The number of carbonyl (C=O) groups excluding carboxylic acids is 1. The third-order valence-electron chi connectivity index (χ3n) is 6.52. The van der Waals surface area contributed by atoms with Crippen LogP contribution >= 0.6 is 11.3 Å². The van der Waals surface area contributed by atoms with Gasteiger partial charge in [-0.05, 0) is 25.3 Å². The molecule has 2 N–H and O–H groups in total. The number of carbonyl (C=O) groups is 1. The molecule has 200 valence electrons. The molecule has 1 fully saturated rings. The molecule has 0 unspecified atom stereocenters. The smallest absolute Gasteiger partial charge is 0.246 e. The Labute approximate surface area is 226 Å². The van der Waals surface area contributed by atoms with E-state index in [1.807, 2.05) is 12.3 Å². The summed E-state index contributed by atoms with van der Waals surface area (Å²) in [4.78, 5) is 22.9. The van der Waals surface area contributed by atoms with Gasteiger partial charge in [0.05, 0.1) is 41.9 Å². The molecule has 1 aliphatic rings. The number of hydrogen-bond acceptors (Lipinski definition) is 8. The van der Waals surface area contributed by atoms with Crippen LogP contribution in [-0.4, -0.2) is 57.9 Å². The quantitative estimate of drug-likeness (QED) is 0.294. The van der Waals surface area contributed by atoms with Crippen molar-refractivity contribution < 1.29 is 23.0 Å². The van der Waals surface area contributed by atoms with Crippen molar-refractivity contribution in [3.05, 3.63) is 58.2 Å². The number of pyridine rings is 1. The summed E-state index contributed by atoms with van der Waals surface area (Å²) >= 11 is 1.48. The first kappa shape index (κ1) is 26.1. The fourth-order valence-electron chi connectivity index (χ4n) is 4.61. The van der Waals surface area contributed by atoms with E-state index < -0.39 is 17.2 Å². The second-order valence-electron chi connectivity index (χ2n) is 8.79. The lowest BCUT2D eigenvalue weighted by atomic mass is 10.1. The molecule has 1 amide bonds. The van der Waals surface area contributed by atoms with Gasteiger partial charge in [-0.15, -0.1) is 11.3 Å². The van der Waals surface area contributed by atoms with Crippen LogP contribution in [0.2, 0.25) is 0 Å². The molecule has 12 heteroatoms. The Bertz CT molecular complexity index is 1660. The number of anilines is 1. The van der Waals surface area contributed by atoms with Gasteiger partial charge in [0.2, 0.25) is 5.91 Å². The van der Waals surface area contributed by atoms with Crippen LogP contribution in [0.1, 0.15) is 28.7 Å². The normalized spacial score (nSPS) is 14.8. The largest absolute Gasteiger partial charge is 0.493 e. The monoisotopic (exact) mass is 550 g/mol. The number of thiazole rings is 1. The first-order valence-corrected chi connectivity index (χ1v) is 12.8. The first-order chi connectivity index (χ1) is 18.8. The number of likely N-dealkylation sites (tertiary alicyclic amines) is 1. The van der Waals surface area contributed by atoms with E-state index in [1.165, 1.54) is 31.6 Å². The van der Waals surface area contributed by atoms with E-state index in [-0.39, 0.29) is 35.0 Å². The number of aryl methyl sites for hydroxylation is 1. The number of nitrogens with zero attached hydrogens (tertiary/aromatic N) is 5. The van der Waals surface area contributed by atoms with Gasteiger partial charge in [-0.2, -0.15) is 5.10 Å². The number of methoxy groups -OCH3 is 2. The van der Waals surface area contributed by atoms with Crippen LogP contribution in [0.4, 0.5) is 14.6 Å². The number of fused-ring (bicyclic) bond motifs is 1. The summed E-state index contributed by atoms with van der Waals surface area (Å²) in [6, 6.07) is 0.901. The zero-order valence-corrected chi connectivity index (χ0v) is 22.2. The second-order valence-corrected chi connectivity index (χ2v) is 9.85. The van der Waals surface area contributed by atoms with Crippen LogP contribution in [0.3, 0.4) is 0 Å². The Morgan fingerprint density at radius 3 is 2.59 bits per heavy atom. The number of aromatic nitrogens is 4. The molecule has 0 spiro atoms. The third-order valence-corrected chi connectivity index (χ3v) is 7.30. The maximum Gasteiger partial charge on any atom is 0.246 e. The number of amides is 1. The highest BCUT2D eigenvalue weighted by molar-refractivity contribution is 7.09. The maximum atomic E-state index is 15.0. The summed E-state index contributed by atoms with van der Waals surface area (Å²) in [5.41, 5.74) is 7.95. The third kappa shape index (κ3) is 4.55. The predicted octanol–water partition coefficient (Wildman–Crippen LogP) is 4.10. The topological polar surface area (TPSA) is 108 Å². The number of ether oxygens (including phenoxy) is 2. The molecule has 0 radical (unpaired) electrons. The summed E-state index contributed by atoms with van der Waals surface area (Å²) in [7, 11) is 2.52. The van der Waals surface area contributed by atoms with Crippen LogP contribution in [0.5, 0.6) is 11.5 Å². The minimum Gasteiger partial charge on any atom is -0.493 e. The molecule has 0 aliphatic carbocycles. The lowest BCUT2D eigenvalue weighted by molar-refractivity contribution is -0.125. The highest BCUT2D eigenvalue weighted by atomic mass is 32.1. The highest BCUT2D eigenvalue weighted by Gasteiger charge is 2.30. The van der Waals surface area contributed by atoms with Gasteiger partial charge in [0.15, 0.2) is 23.1 Å². The zero-order valence-electron chi connectivity index (χ0n) is 21.4. The number of benzene rings is 1. The minimum absolute atomic E-state index is 0.150. The van der Waals surface area contributed by atoms with E-state index in [4.69, 9.17) is 20.3 Å². The fourth-order valence-corrected chi connectivity index (χ4v) is 5.22. The Balaban J connectivity index is 1.73. The molecule has 5 rings (SSSR count). The van der Waals surface area contributed by atoms with Crippen molar-refractivity contribution in [1.82, 2.24) is 24.6 Å². The van der Waals surface area contributed by atoms with E-state index in [0.717, 1.165) is 11.1 Å². The summed E-state index contributed by atoms with van der Waals surface area (Å²) in [5.74, 6) is 2.96. The number of hydrogen-bond donors (Lipinski definition) is 1. The Morgan fingerprint density at radius 2 is 1.97 bits per heavy atom. The molecule has 1 aromatic carbocycles. The molecule has 4 aromatic rings. The lowest BCUT2D eigenvalue weighted by Gasteiger charge is -2.16. The van der Waals surface area contributed by atoms with Gasteiger partial charge in [-0.1, -0.05) is 12.5 Å². The van der Waals surface area contributed by atoms with Crippen molar-refractivity contribution in [1.29, 1.82) is 0 Å². The van der Waals surface area contributed by atoms with Crippen molar-refractivity contribution in [3.8, 4) is 34.6 Å². The van der Waals surface area contributed by atoms with Crippen LogP contribution < -0.4 is 15.2 Å². The molecule has 39 heavy (non-hydrogen) atoms. The van der Waals surface area contributed by atoms with Crippen LogP contribution in [0, 0.1) is 30.4 Å². The summed E-state index contributed by atoms with van der Waals surface area (Å²) in [5, 5.41) is 7.92. The average molecular weight is 551 g/mol. The van der Waals surface area contributed by atoms with E-state index >= 15 is 0 Å². The molecule has 1 saturated heterocycles. The van der Waals surface area contributed by atoms with Gasteiger partial charge in [0.1, 0.15) is 17.1 Å². The summed E-state index contributed by atoms with van der Waals surface area (Å²) in [6.45, 7) is 6.38. The molecule has 0 bridgehead atoms. The van der Waals surface area contributed by atoms with Crippen molar-refractivity contribution in [2.45, 2.75) is 19.4 Å². The number of nitrogens with two attached hydrogens (primary N) is 1. The van der Waals surface area contributed by atoms with Gasteiger partial charge in [0, 0.05) is 36.3 Å². The van der Waals surface area contributed by atoms with Gasteiger partial charge < -0.3 is 20.1 Å². The Hall–Kier alpha value is -4.50. The SMILES string of the molecule is C=CC(=O)N1CC[C@H](n2nc(C#Cc3c(F)c(OC)cc(OC)c3F)c3c(N)ncc(-c4csc(C)n4)c32)C1. The van der Waals surface area contributed by atoms with Crippen molar-refractivity contribution >= 4 is 34.0 Å². The molecular weight excluding hydrogens is 526 g/mol. The van der Waals surface area contributed by atoms with Gasteiger partial charge in [0.25, 0.3) is 0 Å². The standard InChI is InChI=1S/C27H24F2N6O3S/c1-5-22(36)34-9-8-15(12-34)35-26-17(19-13-39-14(2)32-19)11-31-27(30)23(26)18(33-35)7-6-16-24(28)20(37-3)10-21(38-4)25(16)29/h5,10-11,13,15H,1,8-9,12H2,2-4H3,(H2,30,31)/t15-/m0/s1. The van der Waals surface area contributed by atoms with Crippen molar-refractivity contribution in [3.63, 3.8) is 0 Å². The summed E-state index contributed by atoms with van der Waals surface area (Å²) in [6.07, 6.45) is 3.52. The number of rotatable bonds is 5. The fraction of sp³-hybridized carbons (Fsp3) is 0.259. The van der Waals surface area contributed by atoms with Crippen LogP contribution in [0.15, 0.2) is 30.3 Å². The predicted molar refractivity (Wildman–Crippen MR) is 144 cm³/mol. The van der Waals surface area contributed by atoms with Gasteiger partial charge in [-0.3, -0.25) is 9.48 Å². The molecule has 3 aromatic heterocycles. The van der Waals surface area contributed by atoms with Gasteiger partial charge in [-0.25, -0.2) is 18.7 Å². The molecule has 0 saturated carbocycles. The second kappa shape index (κ2) is 10.3. The first-order valence-electron chi connectivity index (χ1n) is 11.9.